The van der Waals surface area contributed by atoms with E-state index in [1.165, 1.54) is 30.6 Å². The highest BCUT2D eigenvalue weighted by molar-refractivity contribution is 9.10. The van der Waals surface area contributed by atoms with Crippen LogP contribution in [0.25, 0.3) is 0 Å². The molecule has 3 heterocycles. The molecule has 0 saturated carbocycles. The van der Waals surface area contributed by atoms with Crippen LogP contribution in [0.1, 0.15) is 29.5 Å². The zero-order valence-electron chi connectivity index (χ0n) is 18.9. The molecule has 0 spiro atoms. The Hall–Kier alpha value is -2.67. The lowest BCUT2D eigenvalue weighted by Gasteiger charge is -2.37. The van der Waals surface area contributed by atoms with Gasteiger partial charge in [-0.3, -0.25) is 14.7 Å². The summed E-state index contributed by atoms with van der Waals surface area (Å²) in [4.78, 5) is 35.4. The number of morpholine rings is 1. The van der Waals surface area contributed by atoms with E-state index in [1.807, 2.05) is 5.38 Å². The number of thiazole rings is 1. The Morgan fingerprint density at radius 1 is 1.43 bits per heavy atom. The van der Waals surface area contributed by atoms with Crippen LogP contribution in [0.4, 0.5) is 4.39 Å². The summed E-state index contributed by atoms with van der Waals surface area (Å²) in [5, 5.41) is 14.9. The summed E-state index contributed by atoms with van der Waals surface area (Å²) < 4.78 is 25.0. The van der Waals surface area contributed by atoms with E-state index < -0.39 is 23.8 Å². The third kappa shape index (κ3) is 5.95. The number of aliphatic carboxylic acids is 1. The molecule has 2 N–H and O–H groups in total. The number of aliphatic imine (C=N–C) groups is 1. The van der Waals surface area contributed by atoms with Gasteiger partial charge in [-0.1, -0.05) is 22.0 Å². The summed E-state index contributed by atoms with van der Waals surface area (Å²) >= 11 is 4.81. The molecular weight excluding hydrogens is 543 g/mol. The summed E-state index contributed by atoms with van der Waals surface area (Å²) in [5.74, 6) is -1.37. The van der Waals surface area contributed by atoms with Gasteiger partial charge in [0.2, 0.25) is 0 Å². The summed E-state index contributed by atoms with van der Waals surface area (Å²) in [5.41, 5.74) is 1.47. The molecule has 4 rings (SSSR count). The molecule has 1 fully saturated rings. The molecule has 1 aromatic carbocycles. The number of rotatable bonds is 8. The Bertz CT molecular complexity index is 1160. The molecule has 2 aliphatic rings. The van der Waals surface area contributed by atoms with Crippen LogP contribution < -0.4 is 5.32 Å². The first-order chi connectivity index (χ1) is 16.9. The van der Waals surface area contributed by atoms with Crippen molar-refractivity contribution in [3.63, 3.8) is 0 Å². The van der Waals surface area contributed by atoms with Gasteiger partial charge in [0.15, 0.2) is 10.8 Å². The summed E-state index contributed by atoms with van der Waals surface area (Å²) in [6.45, 7) is 1.77. The normalized spacial score (nSPS) is 20.8. The average molecular weight is 567 g/mol. The predicted octanol–water partition coefficient (Wildman–Crippen LogP) is 3.13. The van der Waals surface area contributed by atoms with E-state index in [9.17, 15) is 14.0 Å². The average Bonchev–Trinajstić information content (AvgIpc) is 3.38. The number of aromatic nitrogens is 1. The van der Waals surface area contributed by atoms with Gasteiger partial charge >= 0.3 is 11.9 Å². The molecule has 0 unspecified atom stereocenters. The van der Waals surface area contributed by atoms with Crippen molar-refractivity contribution in [2.45, 2.75) is 24.9 Å². The highest BCUT2D eigenvalue weighted by Gasteiger charge is 2.35. The van der Waals surface area contributed by atoms with Crippen LogP contribution in [0.15, 0.2) is 50.5 Å². The van der Waals surface area contributed by atoms with E-state index in [-0.39, 0.29) is 12.5 Å². The number of carbonyl (C=O) groups excluding carboxylic acids is 1. The van der Waals surface area contributed by atoms with Crippen LogP contribution in [0.5, 0.6) is 0 Å². The van der Waals surface area contributed by atoms with E-state index in [4.69, 9.17) is 19.6 Å². The predicted molar refractivity (Wildman–Crippen MR) is 131 cm³/mol. The molecule has 0 aliphatic carbocycles. The lowest BCUT2D eigenvalue weighted by atomic mass is 9.95. The van der Waals surface area contributed by atoms with Crippen molar-refractivity contribution in [1.82, 2.24) is 15.2 Å². The van der Waals surface area contributed by atoms with Gasteiger partial charge in [-0.15, -0.1) is 11.3 Å². The van der Waals surface area contributed by atoms with Gasteiger partial charge in [0.25, 0.3) is 0 Å². The maximum Gasteiger partial charge on any atom is 0.338 e. The number of amidine groups is 1. The summed E-state index contributed by atoms with van der Waals surface area (Å²) in [6.07, 6.45) is 2.09. The van der Waals surface area contributed by atoms with Gasteiger partial charge < -0.3 is 19.9 Å². The van der Waals surface area contributed by atoms with Gasteiger partial charge in [0.05, 0.1) is 25.9 Å². The number of halogens is 2. The van der Waals surface area contributed by atoms with E-state index in [0.29, 0.717) is 64.9 Å². The van der Waals surface area contributed by atoms with Crippen LogP contribution >= 0.6 is 27.3 Å². The van der Waals surface area contributed by atoms with E-state index in [0.717, 1.165) is 0 Å². The van der Waals surface area contributed by atoms with Crippen LogP contribution in [0, 0.1) is 5.82 Å². The van der Waals surface area contributed by atoms with Crippen molar-refractivity contribution >= 4 is 45.0 Å². The number of ether oxygens (including phenoxy) is 2. The number of carboxylic acids is 1. The molecule has 0 bridgehead atoms. The van der Waals surface area contributed by atoms with Crippen LogP contribution in [-0.4, -0.2) is 72.2 Å². The Morgan fingerprint density at radius 2 is 2.26 bits per heavy atom. The van der Waals surface area contributed by atoms with E-state index in [1.54, 1.807) is 12.3 Å². The second-order valence-corrected chi connectivity index (χ2v) is 9.77. The SMILES string of the molecule is COC(=O)C1=C(CN2CCOC[C@H]2CCC(=O)O)NC(c2nccs2)=N[C@@H]1c1ccc(F)cc1Br. The number of esters is 1. The lowest BCUT2D eigenvalue weighted by Crippen LogP contribution is -2.49. The van der Waals surface area contributed by atoms with Crippen LogP contribution in [0.3, 0.4) is 0 Å². The Morgan fingerprint density at radius 3 is 2.94 bits per heavy atom. The second-order valence-electron chi connectivity index (χ2n) is 8.02. The molecule has 9 nitrogen and oxygen atoms in total. The van der Waals surface area contributed by atoms with Crippen LogP contribution in [-0.2, 0) is 19.1 Å². The highest BCUT2D eigenvalue weighted by atomic mass is 79.9. The maximum atomic E-state index is 13.8. The fourth-order valence-electron chi connectivity index (χ4n) is 4.12. The van der Waals surface area contributed by atoms with Crippen molar-refractivity contribution in [3.05, 3.63) is 61.9 Å². The molecule has 2 atom stereocenters. The zero-order chi connectivity index (χ0) is 24.9. The molecule has 0 amide bonds. The summed E-state index contributed by atoms with van der Waals surface area (Å²) in [7, 11) is 1.30. The molecule has 2 aromatic rings. The topological polar surface area (TPSA) is 113 Å². The third-order valence-corrected chi connectivity index (χ3v) is 7.29. The standard InChI is InChI=1S/C23H24BrFN4O5S/c1-33-23(32)19-17(11-29-7-8-34-12-14(29)3-5-18(30)31)27-21(22-26-6-9-35-22)28-20(19)15-4-2-13(25)10-16(15)24/h2,4,6,9-10,14,20H,3,5,7-8,11-12H2,1H3,(H,27,28)(H,30,31)/t14-,20-/m1/s1. The van der Waals surface area contributed by atoms with Gasteiger partial charge in [-0.05, 0) is 24.1 Å². The number of nitrogens with one attached hydrogen (secondary N) is 1. The molecule has 2 aliphatic heterocycles. The van der Waals surface area contributed by atoms with Gasteiger partial charge in [0.1, 0.15) is 11.9 Å². The fourth-order valence-corrected chi connectivity index (χ4v) is 5.28. The molecule has 35 heavy (non-hydrogen) atoms. The molecule has 12 heteroatoms. The molecule has 0 radical (unpaired) electrons. The lowest BCUT2D eigenvalue weighted by molar-refractivity contribution is -0.138. The molecule has 186 valence electrons. The first-order valence-corrected chi connectivity index (χ1v) is 12.6. The first-order valence-electron chi connectivity index (χ1n) is 10.9. The Labute approximate surface area is 213 Å². The molecule has 1 saturated heterocycles. The Balaban J connectivity index is 1.76. The van der Waals surface area contributed by atoms with Crippen molar-refractivity contribution in [2.24, 2.45) is 4.99 Å². The number of hydrogen-bond acceptors (Lipinski definition) is 9. The quantitative estimate of drug-likeness (QED) is 0.468. The minimum absolute atomic E-state index is 0.0117. The third-order valence-electron chi connectivity index (χ3n) is 5.83. The zero-order valence-corrected chi connectivity index (χ0v) is 21.3. The number of benzene rings is 1. The van der Waals surface area contributed by atoms with Crippen molar-refractivity contribution in [2.75, 3.05) is 33.4 Å². The number of hydrogen-bond donors (Lipinski definition) is 2. The van der Waals surface area contributed by atoms with Crippen LogP contribution in [0.2, 0.25) is 0 Å². The number of nitrogens with zero attached hydrogens (tertiary/aromatic N) is 3. The van der Waals surface area contributed by atoms with Crippen molar-refractivity contribution in [1.29, 1.82) is 0 Å². The smallest absolute Gasteiger partial charge is 0.338 e. The second kappa shape index (κ2) is 11.4. The number of methoxy groups -OCH3 is 1. The monoisotopic (exact) mass is 566 g/mol. The van der Waals surface area contributed by atoms with Gasteiger partial charge in [-0.2, -0.15) is 0 Å². The minimum Gasteiger partial charge on any atom is -0.481 e. The Kier molecular flexibility index (Phi) is 8.26. The van der Waals surface area contributed by atoms with Crippen molar-refractivity contribution < 1.29 is 28.6 Å². The summed E-state index contributed by atoms with van der Waals surface area (Å²) in [6, 6.07) is 3.33. The van der Waals surface area contributed by atoms with E-state index >= 15 is 0 Å². The first kappa shape index (κ1) is 25.4. The molecular formula is C23H24BrFN4O5S. The van der Waals surface area contributed by atoms with Crippen molar-refractivity contribution in [3.8, 4) is 0 Å². The maximum absolute atomic E-state index is 13.8. The highest BCUT2D eigenvalue weighted by Crippen LogP contribution is 2.37. The minimum atomic E-state index is -0.875. The number of carbonyl (C=O) groups is 2. The van der Waals surface area contributed by atoms with E-state index in [2.05, 4.69) is 31.1 Å². The molecule has 1 aromatic heterocycles. The van der Waals surface area contributed by atoms with Gasteiger partial charge in [0, 0.05) is 47.3 Å². The fraction of sp³-hybridized carbons (Fsp3) is 0.391. The number of carboxylic acid groups (broad SMARTS) is 1. The van der Waals surface area contributed by atoms with Gasteiger partial charge in [-0.25, -0.2) is 14.2 Å². The largest absolute Gasteiger partial charge is 0.481 e.